The standard InChI is InChI=1S/C27H16S/c1-2-8-17-16(7-1)13-14-20-22(17)15-23-18-9-3-4-10-19(18)25-21-11-5-6-12-24(21)28-27(25)26(20)23/h1-14H,15H2. The Balaban J connectivity index is 1.75. The van der Waals surface area contributed by atoms with E-state index < -0.39 is 0 Å². The van der Waals surface area contributed by atoms with E-state index in [1.165, 1.54) is 64.0 Å². The summed E-state index contributed by atoms with van der Waals surface area (Å²) in [5.74, 6) is 0. The summed E-state index contributed by atoms with van der Waals surface area (Å²) in [5.41, 5.74) is 5.89. The van der Waals surface area contributed by atoms with Crippen molar-refractivity contribution in [3.63, 3.8) is 0 Å². The Morgan fingerprint density at radius 2 is 1.29 bits per heavy atom. The number of benzene rings is 5. The molecule has 1 heteroatoms. The van der Waals surface area contributed by atoms with Crippen molar-refractivity contribution in [2.45, 2.75) is 6.42 Å². The summed E-state index contributed by atoms with van der Waals surface area (Å²) in [4.78, 5) is 0. The van der Waals surface area contributed by atoms with Gasteiger partial charge in [0, 0.05) is 25.7 Å². The lowest BCUT2D eigenvalue weighted by Crippen LogP contribution is -1.86. The van der Waals surface area contributed by atoms with E-state index in [4.69, 9.17) is 0 Å². The molecule has 0 saturated carbocycles. The number of thiophene rings is 1. The molecule has 1 aliphatic carbocycles. The maximum absolute atomic E-state index is 2.35. The first kappa shape index (κ1) is 14.8. The molecule has 0 nitrogen and oxygen atoms in total. The van der Waals surface area contributed by atoms with Crippen LogP contribution in [0.15, 0.2) is 84.9 Å². The van der Waals surface area contributed by atoms with Gasteiger partial charge in [-0.3, -0.25) is 0 Å². The van der Waals surface area contributed by atoms with Crippen LogP contribution in [-0.2, 0) is 6.42 Å². The maximum atomic E-state index is 2.35. The normalized spacial score (nSPS) is 12.9. The molecular formula is C27H16S. The number of hydrogen-bond donors (Lipinski definition) is 0. The smallest absolute Gasteiger partial charge is 0.0443 e. The van der Waals surface area contributed by atoms with E-state index in [-0.39, 0.29) is 0 Å². The molecule has 0 bridgehead atoms. The van der Waals surface area contributed by atoms with Crippen LogP contribution in [0, 0.1) is 0 Å². The first-order valence-corrected chi connectivity index (χ1v) is 10.6. The van der Waals surface area contributed by atoms with Gasteiger partial charge < -0.3 is 0 Å². The van der Waals surface area contributed by atoms with Crippen LogP contribution < -0.4 is 0 Å². The molecule has 130 valence electrons. The summed E-state index contributed by atoms with van der Waals surface area (Å²) >= 11 is 1.95. The Kier molecular flexibility index (Phi) is 2.76. The summed E-state index contributed by atoms with van der Waals surface area (Å²) in [6.45, 7) is 0. The fraction of sp³-hybridized carbons (Fsp3) is 0.0370. The second-order valence-corrected chi connectivity index (χ2v) is 8.74. The van der Waals surface area contributed by atoms with Gasteiger partial charge in [-0.25, -0.2) is 0 Å². The first-order chi connectivity index (χ1) is 13.9. The highest BCUT2D eigenvalue weighted by molar-refractivity contribution is 7.26. The molecular weight excluding hydrogens is 356 g/mol. The van der Waals surface area contributed by atoms with Gasteiger partial charge in [0.25, 0.3) is 0 Å². The van der Waals surface area contributed by atoms with Gasteiger partial charge in [-0.15, -0.1) is 11.3 Å². The Hall–Kier alpha value is -3.16. The summed E-state index contributed by atoms with van der Waals surface area (Å²) in [5, 5.41) is 8.35. The molecule has 1 aliphatic rings. The van der Waals surface area contributed by atoms with E-state index in [1.807, 2.05) is 11.3 Å². The Morgan fingerprint density at radius 3 is 2.18 bits per heavy atom. The van der Waals surface area contributed by atoms with Crippen LogP contribution in [0.4, 0.5) is 0 Å². The molecule has 0 fully saturated rings. The highest BCUT2D eigenvalue weighted by Crippen LogP contribution is 2.51. The van der Waals surface area contributed by atoms with E-state index in [0.717, 1.165) is 6.42 Å². The van der Waals surface area contributed by atoms with Crippen molar-refractivity contribution < 1.29 is 0 Å². The minimum atomic E-state index is 1.02. The summed E-state index contributed by atoms with van der Waals surface area (Å²) in [7, 11) is 0. The maximum Gasteiger partial charge on any atom is 0.0443 e. The fourth-order valence-corrected chi connectivity index (χ4v) is 6.43. The van der Waals surface area contributed by atoms with Crippen molar-refractivity contribution in [2.24, 2.45) is 0 Å². The average molecular weight is 372 g/mol. The summed E-state index contributed by atoms with van der Waals surface area (Å²) in [6.07, 6.45) is 1.02. The topological polar surface area (TPSA) is 0 Å². The molecule has 0 radical (unpaired) electrons. The second-order valence-electron chi connectivity index (χ2n) is 7.69. The van der Waals surface area contributed by atoms with Gasteiger partial charge in [0.15, 0.2) is 0 Å². The van der Waals surface area contributed by atoms with E-state index in [0.29, 0.717) is 0 Å². The summed E-state index contributed by atoms with van der Waals surface area (Å²) in [6, 6.07) is 31.3. The lowest BCUT2D eigenvalue weighted by molar-refractivity contribution is 1.31. The van der Waals surface area contributed by atoms with Gasteiger partial charge in [0.2, 0.25) is 0 Å². The number of rotatable bonds is 0. The third-order valence-electron chi connectivity index (χ3n) is 6.31. The van der Waals surface area contributed by atoms with E-state index >= 15 is 0 Å². The average Bonchev–Trinajstić information content (AvgIpc) is 3.33. The van der Waals surface area contributed by atoms with Crippen LogP contribution in [0.1, 0.15) is 11.1 Å². The Bertz CT molecular complexity index is 1580. The van der Waals surface area contributed by atoms with Crippen LogP contribution in [-0.4, -0.2) is 0 Å². The predicted octanol–water partition coefficient (Wildman–Crippen LogP) is 7.93. The predicted molar refractivity (Wildman–Crippen MR) is 123 cm³/mol. The zero-order valence-electron chi connectivity index (χ0n) is 15.2. The number of hydrogen-bond acceptors (Lipinski definition) is 1. The van der Waals surface area contributed by atoms with E-state index in [1.54, 1.807) is 0 Å². The van der Waals surface area contributed by atoms with E-state index in [9.17, 15) is 0 Å². The van der Waals surface area contributed by atoms with E-state index in [2.05, 4.69) is 84.9 Å². The third-order valence-corrected chi connectivity index (χ3v) is 7.50. The zero-order chi connectivity index (χ0) is 18.2. The highest BCUT2D eigenvalue weighted by atomic mass is 32.1. The lowest BCUT2D eigenvalue weighted by atomic mass is 9.94. The van der Waals surface area contributed by atoms with Crippen LogP contribution >= 0.6 is 11.3 Å². The quantitative estimate of drug-likeness (QED) is 0.253. The molecule has 0 atom stereocenters. The monoisotopic (exact) mass is 372 g/mol. The molecule has 0 amide bonds. The van der Waals surface area contributed by atoms with Gasteiger partial charge in [0.1, 0.15) is 0 Å². The van der Waals surface area contributed by atoms with Gasteiger partial charge in [-0.05, 0) is 50.7 Å². The van der Waals surface area contributed by atoms with Crippen LogP contribution in [0.3, 0.4) is 0 Å². The molecule has 0 spiro atoms. The molecule has 28 heavy (non-hydrogen) atoms. The first-order valence-electron chi connectivity index (χ1n) is 9.76. The third kappa shape index (κ3) is 1.75. The molecule has 0 aliphatic heterocycles. The molecule has 1 heterocycles. The fourth-order valence-electron chi connectivity index (χ4n) is 5.13. The lowest BCUT2D eigenvalue weighted by Gasteiger charge is -2.09. The second kappa shape index (κ2) is 5.21. The van der Waals surface area contributed by atoms with Gasteiger partial charge in [0.05, 0.1) is 0 Å². The van der Waals surface area contributed by atoms with Crippen molar-refractivity contribution >= 4 is 53.1 Å². The molecule has 5 aromatic carbocycles. The Labute approximate surface area is 166 Å². The molecule has 1 aromatic heterocycles. The van der Waals surface area contributed by atoms with Crippen molar-refractivity contribution in [1.29, 1.82) is 0 Å². The zero-order valence-corrected chi connectivity index (χ0v) is 16.0. The Morgan fingerprint density at radius 1 is 0.571 bits per heavy atom. The van der Waals surface area contributed by atoms with Crippen molar-refractivity contribution in [1.82, 2.24) is 0 Å². The van der Waals surface area contributed by atoms with Crippen LogP contribution in [0.2, 0.25) is 0 Å². The van der Waals surface area contributed by atoms with Gasteiger partial charge in [-0.2, -0.15) is 0 Å². The van der Waals surface area contributed by atoms with Gasteiger partial charge in [-0.1, -0.05) is 78.9 Å². The van der Waals surface area contributed by atoms with Crippen molar-refractivity contribution in [3.8, 4) is 11.1 Å². The molecule has 0 saturated heterocycles. The molecule has 0 unspecified atom stereocenters. The molecule has 0 N–H and O–H groups in total. The summed E-state index contributed by atoms with van der Waals surface area (Å²) < 4.78 is 2.83. The van der Waals surface area contributed by atoms with Crippen LogP contribution in [0.25, 0.3) is 52.8 Å². The minimum Gasteiger partial charge on any atom is -0.134 e. The molecule has 6 aromatic rings. The van der Waals surface area contributed by atoms with Crippen LogP contribution in [0.5, 0.6) is 0 Å². The highest BCUT2D eigenvalue weighted by Gasteiger charge is 2.27. The SMILES string of the molecule is c1ccc2c3c(ccc2c1)-c1c(c2ccccc2c2c1sc1ccccc12)C3. The minimum absolute atomic E-state index is 1.02. The number of fused-ring (bicyclic) bond motifs is 12. The molecule has 7 rings (SSSR count). The van der Waals surface area contributed by atoms with Crippen molar-refractivity contribution in [2.75, 3.05) is 0 Å². The van der Waals surface area contributed by atoms with Crippen molar-refractivity contribution in [3.05, 3.63) is 96.1 Å². The van der Waals surface area contributed by atoms with Gasteiger partial charge >= 0.3 is 0 Å². The largest absolute Gasteiger partial charge is 0.134 e.